The fourth-order valence-electron chi connectivity index (χ4n) is 3.09. The lowest BCUT2D eigenvalue weighted by Crippen LogP contribution is -2.45. The van der Waals surface area contributed by atoms with E-state index < -0.39 is 47.6 Å². The van der Waals surface area contributed by atoms with Crippen LogP contribution in [0.5, 0.6) is 5.75 Å². The zero-order valence-electron chi connectivity index (χ0n) is 22.9. The number of nitrogens with one attached hydrogen (secondary N) is 3. The Labute approximate surface area is 227 Å². The Hall–Kier alpha value is -4.25. The second-order valence-electron chi connectivity index (χ2n) is 10.6. The van der Waals surface area contributed by atoms with Crippen LogP contribution in [0.25, 0.3) is 0 Å². The summed E-state index contributed by atoms with van der Waals surface area (Å²) in [4.78, 5) is 48.8. The van der Waals surface area contributed by atoms with Gasteiger partial charge in [-0.15, -0.1) is 0 Å². The number of rotatable bonds is 10. The molecule has 0 heterocycles. The van der Waals surface area contributed by atoms with Crippen molar-refractivity contribution in [3.05, 3.63) is 65.2 Å². The van der Waals surface area contributed by atoms with Gasteiger partial charge in [0.15, 0.2) is 12.4 Å². The number of hydrogen-bond donors (Lipinski definition) is 4. The number of Topliss-reactive ketones (excluding diaryl/α,β-unsaturated/α-hetero) is 1. The molecule has 0 aliphatic carbocycles. The number of aliphatic carboxylic acids is 1. The third-order valence-electron chi connectivity index (χ3n) is 4.87. The van der Waals surface area contributed by atoms with Crippen LogP contribution in [0.2, 0.25) is 0 Å². The van der Waals surface area contributed by atoms with Crippen LogP contribution in [0.1, 0.15) is 67.8 Å². The van der Waals surface area contributed by atoms with Gasteiger partial charge in [-0.2, -0.15) is 0 Å². The van der Waals surface area contributed by atoms with Crippen LogP contribution in [0.3, 0.4) is 0 Å². The van der Waals surface area contributed by atoms with Crippen molar-refractivity contribution in [2.45, 2.75) is 58.8 Å². The van der Waals surface area contributed by atoms with E-state index in [0.717, 1.165) is 0 Å². The molecule has 1 atom stereocenters. The summed E-state index contributed by atoms with van der Waals surface area (Å²) in [6.07, 6.45) is -0.768. The van der Waals surface area contributed by atoms with Crippen molar-refractivity contribution in [1.82, 2.24) is 10.6 Å². The van der Waals surface area contributed by atoms with Crippen molar-refractivity contribution in [2.24, 2.45) is 0 Å². The molecular formula is C28H35N3O8. The Morgan fingerprint density at radius 2 is 1.38 bits per heavy atom. The third-order valence-corrected chi connectivity index (χ3v) is 4.87. The molecule has 2 amide bonds. The molecule has 0 saturated carbocycles. The second kappa shape index (κ2) is 13.0. The van der Waals surface area contributed by atoms with Crippen molar-refractivity contribution >= 4 is 29.6 Å². The van der Waals surface area contributed by atoms with E-state index in [1.54, 1.807) is 20.8 Å². The van der Waals surface area contributed by atoms with Crippen molar-refractivity contribution in [1.29, 1.82) is 5.41 Å². The number of alkyl carbamates (subject to hydrolysis) is 1. The molecule has 0 fully saturated rings. The summed E-state index contributed by atoms with van der Waals surface area (Å²) in [6, 6.07) is 10.8. The fraction of sp³-hybridized carbons (Fsp3) is 0.393. The Morgan fingerprint density at radius 1 is 0.846 bits per heavy atom. The fourth-order valence-corrected chi connectivity index (χ4v) is 3.09. The topological polar surface area (TPSA) is 164 Å². The van der Waals surface area contributed by atoms with E-state index in [0.29, 0.717) is 5.56 Å². The minimum Gasteiger partial charge on any atom is -0.482 e. The van der Waals surface area contributed by atoms with Crippen LogP contribution in [0.15, 0.2) is 48.5 Å². The quantitative estimate of drug-likeness (QED) is 0.200. The van der Waals surface area contributed by atoms with E-state index in [2.05, 4.69) is 10.6 Å². The molecule has 2 aromatic carbocycles. The highest BCUT2D eigenvalue weighted by Crippen LogP contribution is 2.16. The molecular weight excluding hydrogens is 506 g/mol. The number of carboxylic acid groups (broad SMARTS) is 1. The normalized spacial score (nSPS) is 12.2. The summed E-state index contributed by atoms with van der Waals surface area (Å²) in [5.74, 6) is -1.98. The van der Waals surface area contributed by atoms with Gasteiger partial charge in [-0.05, 0) is 77.9 Å². The molecule has 11 nitrogen and oxygen atoms in total. The molecule has 2 aromatic rings. The molecule has 39 heavy (non-hydrogen) atoms. The van der Waals surface area contributed by atoms with E-state index in [-0.39, 0.29) is 29.3 Å². The van der Waals surface area contributed by atoms with Gasteiger partial charge in [-0.3, -0.25) is 20.3 Å². The first kappa shape index (κ1) is 31.0. The lowest BCUT2D eigenvalue weighted by atomic mass is 10.0. The summed E-state index contributed by atoms with van der Waals surface area (Å²) >= 11 is 0. The molecule has 0 spiro atoms. The number of ketones is 1. The summed E-state index contributed by atoms with van der Waals surface area (Å²) in [7, 11) is 0. The van der Waals surface area contributed by atoms with Crippen molar-refractivity contribution in [3.63, 3.8) is 0 Å². The predicted octanol–water partition coefficient (Wildman–Crippen LogP) is 3.80. The number of ether oxygens (including phenoxy) is 3. The maximum atomic E-state index is 13.2. The maximum absolute atomic E-state index is 13.2. The van der Waals surface area contributed by atoms with Gasteiger partial charge in [0.05, 0.1) is 12.2 Å². The number of carboxylic acids is 1. The molecule has 0 aliphatic heterocycles. The molecule has 0 bridgehead atoms. The number of hydrogen-bond acceptors (Lipinski definition) is 8. The molecule has 0 saturated heterocycles. The van der Waals surface area contributed by atoms with Crippen LogP contribution >= 0.6 is 0 Å². The van der Waals surface area contributed by atoms with Gasteiger partial charge in [-0.1, -0.05) is 12.1 Å². The standard InChI is InChI=1S/C28H35N3O8/c1-27(2,3)38-15-21(23(34)17-11-13-20(14-12-17)37-16-22(32)33)30-25(35)19-9-7-18(8-10-19)24(29)31-26(36)39-28(4,5)6/h7-14,21H,15-16H2,1-6H3,(H,30,35)(H,32,33)(H2,29,31,36)/t21-/m0/s1. The highest BCUT2D eigenvalue weighted by molar-refractivity contribution is 6.06. The third kappa shape index (κ3) is 10.9. The van der Waals surface area contributed by atoms with E-state index in [1.807, 2.05) is 20.8 Å². The van der Waals surface area contributed by atoms with Crippen LogP contribution in [0, 0.1) is 5.41 Å². The van der Waals surface area contributed by atoms with E-state index in [9.17, 15) is 19.2 Å². The number of carbonyl (C=O) groups excluding carboxylic acids is 3. The first-order valence-electron chi connectivity index (χ1n) is 12.2. The lowest BCUT2D eigenvalue weighted by molar-refractivity contribution is -0.139. The van der Waals surface area contributed by atoms with Crippen molar-refractivity contribution < 1.29 is 38.5 Å². The first-order chi connectivity index (χ1) is 18.0. The summed E-state index contributed by atoms with van der Waals surface area (Å²) in [5.41, 5.74) is -0.424. The van der Waals surface area contributed by atoms with Gasteiger partial charge in [-0.25, -0.2) is 9.59 Å². The van der Waals surface area contributed by atoms with Gasteiger partial charge >= 0.3 is 12.1 Å². The van der Waals surface area contributed by atoms with Crippen LogP contribution in [-0.2, 0) is 14.3 Å². The Kier molecular flexibility index (Phi) is 10.3. The van der Waals surface area contributed by atoms with E-state index in [1.165, 1.54) is 48.5 Å². The minimum atomic E-state index is -1.12. The van der Waals surface area contributed by atoms with Gasteiger partial charge in [0.1, 0.15) is 23.2 Å². The smallest absolute Gasteiger partial charge is 0.413 e. The largest absolute Gasteiger partial charge is 0.482 e. The van der Waals surface area contributed by atoms with Gasteiger partial charge < -0.3 is 24.6 Å². The SMILES string of the molecule is CC(C)(C)OC[C@H](NC(=O)c1ccc(C(=N)NC(=O)OC(C)(C)C)cc1)C(=O)c1ccc(OCC(=O)O)cc1. The molecule has 0 radical (unpaired) electrons. The Balaban J connectivity index is 2.13. The Bertz CT molecular complexity index is 1190. The highest BCUT2D eigenvalue weighted by atomic mass is 16.6. The molecule has 0 unspecified atom stereocenters. The number of benzene rings is 2. The second-order valence-corrected chi connectivity index (χ2v) is 10.6. The van der Waals surface area contributed by atoms with Crippen molar-refractivity contribution in [3.8, 4) is 5.75 Å². The number of carbonyl (C=O) groups is 4. The van der Waals surface area contributed by atoms with Crippen molar-refractivity contribution in [2.75, 3.05) is 13.2 Å². The number of amides is 2. The monoisotopic (exact) mass is 541 g/mol. The Morgan fingerprint density at radius 3 is 1.90 bits per heavy atom. The maximum Gasteiger partial charge on any atom is 0.413 e. The van der Waals surface area contributed by atoms with Gasteiger partial charge in [0, 0.05) is 16.7 Å². The molecule has 4 N–H and O–H groups in total. The van der Waals surface area contributed by atoms with Crippen LogP contribution in [0.4, 0.5) is 4.79 Å². The summed E-state index contributed by atoms with van der Waals surface area (Å²) < 4.78 is 16.0. The number of amidine groups is 1. The van der Waals surface area contributed by atoms with Crippen LogP contribution < -0.4 is 15.4 Å². The predicted molar refractivity (Wildman–Crippen MR) is 144 cm³/mol. The highest BCUT2D eigenvalue weighted by Gasteiger charge is 2.26. The lowest BCUT2D eigenvalue weighted by Gasteiger charge is -2.24. The first-order valence-corrected chi connectivity index (χ1v) is 12.2. The molecule has 210 valence electrons. The molecule has 11 heteroatoms. The summed E-state index contributed by atoms with van der Waals surface area (Å²) in [5, 5.41) is 21.9. The van der Waals surface area contributed by atoms with Gasteiger partial charge in [0.2, 0.25) is 0 Å². The van der Waals surface area contributed by atoms with E-state index >= 15 is 0 Å². The summed E-state index contributed by atoms with van der Waals surface area (Å²) in [6.45, 7) is 9.99. The van der Waals surface area contributed by atoms with Crippen LogP contribution in [-0.4, -0.2) is 65.2 Å². The minimum absolute atomic E-state index is 0.0894. The average molecular weight is 542 g/mol. The van der Waals surface area contributed by atoms with E-state index in [4.69, 9.17) is 24.7 Å². The molecule has 0 aromatic heterocycles. The average Bonchev–Trinajstić information content (AvgIpc) is 2.83. The molecule has 2 rings (SSSR count). The van der Waals surface area contributed by atoms with Gasteiger partial charge in [0.25, 0.3) is 5.91 Å². The molecule has 0 aliphatic rings. The zero-order valence-corrected chi connectivity index (χ0v) is 22.9. The zero-order chi connectivity index (χ0) is 29.4.